The molecular weight excluding hydrogens is 384 g/mol. The zero-order chi connectivity index (χ0) is 21.7. The highest BCUT2D eigenvalue weighted by Crippen LogP contribution is 2.44. The van der Waals surface area contributed by atoms with Gasteiger partial charge in [0.2, 0.25) is 5.91 Å². The molecule has 0 spiro atoms. The van der Waals surface area contributed by atoms with Gasteiger partial charge in [0.25, 0.3) is 0 Å². The molecule has 0 heterocycles. The zero-order valence-corrected chi connectivity index (χ0v) is 17.1. The minimum atomic E-state index is -1.000. The molecule has 2 amide bonds. The number of hydrogen-bond acceptors (Lipinski definition) is 4. The topological polar surface area (TPSA) is 105 Å². The summed E-state index contributed by atoms with van der Waals surface area (Å²) in [5.41, 5.74) is 4.50. The number of ether oxygens (including phenoxy) is 1. The van der Waals surface area contributed by atoms with E-state index >= 15 is 0 Å². The summed E-state index contributed by atoms with van der Waals surface area (Å²) in [6, 6.07) is 14.8. The fourth-order valence-electron chi connectivity index (χ4n) is 3.79. The Hall–Kier alpha value is -3.35. The van der Waals surface area contributed by atoms with Crippen molar-refractivity contribution in [3.8, 4) is 11.1 Å². The highest BCUT2D eigenvalue weighted by molar-refractivity contribution is 5.86. The maximum absolute atomic E-state index is 12.4. The quantitative estimate of drug-likeness (QED) is 0.619. The monoisotopic (exact) mass is 410 g/mol. The number of benzene rings is 2. The van der Waals surface area contributed by atoms with E-state index in [1.54, 1.807) is 13.8 Å². The van der Waals surface area contributed by atoms with Crippen LogP contribution in [0.25, 0.3) is 11.1 Å². The van der Waals surface area contributed by atoms with Gasteiger partial charge >= 0.3 is 12.1 Å². The Kier molecular flexibility index (Phi) is 6.72. The first-order valence-electron chi connectivity index (χ1n) is 10.0. The lowest BCUT2D eigenvalue weighted by molar-refractivity contribution is -0.137. The van der Waals surface area contributed by atoms with Crippen molar-refractivity contribution in [3.05, 3.63) is 59.7 Å². The second-order valence-corrected chi connectivity index (χ2v) is 7.44. The van der Waals surface area contributed by atoms with Crippen LogP contribution in [-0.2, 0) is 14.3 Å². The Morgan fingerprint density at radius 2 is 1.57 bits per heavy atom. The van der Waals surface area contributed by atoms with Gasteiger partial charge < -0.3 is 20.5 Å². The smallest absolute Gasteiger partial charge is 0.407 e. The van der Waals surface area contributed by atoms with Crippen molar-refractivity contribution in [2.45, 2.75) is 44.7 Å². The number of carboxylic acid groups (broad SMARTS) is 1. The molecule has 2 aromatic carbocycles. The standard InChI is InChI=1S/C23H26N2O5/c1-3-20(22(28)24-14(2)12-21(26)27)25-23(29)30-13-19-17-10-6-4-8-15(17)16-9-5-7-11-18(16)19/h4-11,14,19-20H,3,12-13H2,1-2H3,(H,24,28)(H,25,29)(H,26,27)/t14?,20-/m0/s1. The third-order valence-electron chi connectivity index (χ3n) is 5.23. The summed E-state index contributed by atoms with van der Waals surface area (Å²) in [4.78, 5) is 35.4. The molecule has 2 atom stereocenters. The van der Waals surface area contributed by atoms with Gasteiger partial charge in [-0.05, 0) is 35.6 Å². The number of hydrogen-bond donors (Lipinski definition) is 3. The first-order valence-corrected chi connectivity index (χ1v) is 10.0. The summed E-state index contributed by atoms with van der Waals surface area (Å²) in [6.07, 6.45) is -0.507. The molecule has 0 radical (unpaired) electrons. The van der Waals surface area contributed by atoms with Crippen LogP contribution >= 0.6 is 0 Å². The number of alkyl carbamates (subject to hydrolysis) is 1. The molecule has 1 aliphatic rings. The molecular formula is C23H26N2O5. The Labute approximate surface area is 175 Å². The predicted octanol–water partition coefficient (Wildman–Crippen LogP) is 3.28. The maximum atomic E-state index is 12.4. The van der Waals surface area contributed by atoms with E-state index < -0.39 is 30.1 Å². The minimum absolute atomic E-state index is 0.0624. The van der Waals surface area contributed by atoms with Crippen LogP contribution in [0.1, 0.15) is 43.7 Å². The van der Waals surface area contributed by atoms with Crippen LogP contribution in [-0.4, -0.2) is 41.8 Å². The highest BCUT2D eigenvalue weighted by Gasteiger charge is 2.29. The molecule has 0 saturated carbocycles. The minimum Gasteiger partial charge on any atom is -0.481 e. The molecule has 3 N–H and O–H groups in total. The molecule has 2 aromatic rings. The van der Waals surface area contributed by atoms with Crippen LogP contribution in [0, 0.1) is 0 Å². The molecule has 30 heavy (non-hydrogen) atoms. The molecule has 0 saturated heterocycles. The summed E-state index contributed by atoms with van der Waals surface area (Å²) in [5.74, 6) is -1.49. The Balaban J connectivity index is 1.60. The van der Waals surface area contributed by atoms with E-state index in [9.17, 15) is 14.4 Å². The number of carbonyl (C=O) groups excluding carboxylic acids is 2. The van der Waals surface area contributed by atoms with Gasteiger partial charge in [0.15, 0.2) is 0 Å². The molecule has 1 unspecified atom stereocenters. The second kappa shape index (κ2) is 9.43. The largest absolute Gasteiger partial charge is 0.481 e. The van der Waals surface area contributed by atoms with Gasteiger partial charge in [-0.3, -0.25) is 9.59 Å². The van der Waals surface area contributed by atoms with Crippen molar-refractivity contribution in [3.63, 3.8) is 0 Å². The van der Waals surface area contributed by atoms with Crippen LogP contribution in [0.4, 0.5) is 4.79 Å². The third-order valence-corrected chi connectivity index (χ3v) is 5.23. The number of carbonyl (C=O) groups is 3. The average molecular weight is 410 g/mol. The van der Waals surface area contributed by atoms with Crippen LogP contribution < -0.4 is 10.6 Å². The molecule has 0 bridgehead atoms. The average Bonchev–Trinajstić information content (AvgIpc) is 3.03. The van der Waals surface area contributed by atoms with E-state index in [-0.39, 0.29) is 18.9 Å². The number of nitrogens with one attached hydrogen (secondary N) is 2. The summed E-state index contributed by atoms with van der Waals surface area (Å²) in [6.45, 7) is 3.52. The van der Waals surface area contributed by atoms with Gasteiger partial charge in [0.05, 0.1) is 6.42 Å². The number of carboxylic acids is 1. The molecule has 0 aliphatic heterocycles. The van der Waals surface area contributed by atoms with E-state index in [4.69, 9.17) is 9.84 Å². The molecule has 3 rings (SSSR count). The SMILES string of the molecule is CC[C@H](NC(=O)OCC1c2ccccc2-c2ccccc21)C(=O)NC(C)CC(=O)O. The fraction of sp³-hybridized carbons (Fsp3) is 0.348. The van der Waals surface area contributed by atoms with Crippen LogP contribution in [0.3, 0.4) is 0 Å². The van der Waals surface area contributed by atoms with Crippen molar-refractivity contribution in [1.29, 1.82) is 0 Å². The number of fused-ring (bicyclic) bond motifs is 3. The Morgan fingerprint density at radius 3 is 2.10 bits per heavy atom. The van der Waals surface area contributed by atoms with E-state index in [0.717, 1.165) is 22.3 Å². The molecule has 0 aromatic heterocycles. The highest BCUT2D eigenvalue weighted by atomic mass is 16.5. The van der Waals surface area contributed by atoms with E-state index in [0.29, 0.717) is 6.42 Å². The van der Waals surface area contributed by atoms with Crippen molar-refractivity contribution < 1.29 is 24.2 Å². The van der Waals surface area contributed by atoms with Crippen LogP contribution in [0.15, 0.2) is 48.5 Å². The second-order valence-electron chi connectivity index (χ2n) is 7.44. The van der Waals surface area contributed by atoms with E-state index in [1.807, 2.05) is 36.4 Å². The van der Waals surface area contributed by atoms with Crippen molar-refractivity contribution >= 4 is 18.0 Å². The zero-order valence-electron chi connectivity index (χ0n) is 17.1. The normalized spacial score (nSPS) is 14.2. The Morgan fingerprint density at radius 1 is 1.00 bits per heavy atom. The van der Waals surface area contributed by atoms with Gasteiger partial charge in [-0.15, -0.1) is 0 Å². The lowest BCUT2D eigenvalue weighted by Crippen LogP contribution is -2.49. The first kappa shape index (κ1) is 21.4. The maximum Gasteiger partial charge on any atom is 0.407 e. The van der Waals surface area contributed by atoms with Gasteiger partial charge in [0.1, 0.15) is 12.6 Å². The summed E-state index contributed by atoms with van der Waals surface area (Å²) < 4.78 is 5.47. The molecule has 1 aliphatic carbocycles. The fourth-order valence-corrected chi connectivity index (χ4v) is 3.79. The molecule has 7 nitrogen and oxygen atoms in total. The van der Waals surface area contributed by atoms with E-state index in [2.05, 4.69) is 22.8 Å². The van der Waals surface area contributed by atoms with Gasteiger partial charge in [-0.1, -0.05) is 55.5 Å². The lowest BCUT2D eigenvalue weighted by Gasteiger charge is -2.20. The third kappa shape index (κ3) is 4.79. The molecule has 7 heteroatoms. The van der Waals surface area contributed by atoms with Gasteiger partial charge in [-0.2, -0.15) is 0 Å². The number of amides is 2. The number of aliphatic carboxylic acids is 1. The van der Waals surface area contributed by atoms with E-state index in [1.165, 1.54) is 0 Å². The van der Waals surface area contributed by atoms with Crippen molar-refractivity contribution in [2.75, 3.05) is 6.61 Å². The van der Waals surface area contributed by atoms with Gasteiger partial charge in [-0.25, -0.2) is 4.79 Å². The van der Waals surface area contributed by atoms with Crippen molar-refractivity contribution in [1.82, 2.24) is 10.6 Å². The Bertz CT molecular complexity index is 897. The van der Waals surface area contributed by atoms with Gasteiger partial charge in [0, 0.05) is 12.0 Å². The summed E-state index contributed by atoms with van der Waals surface area (Å²) in [7, 11) is 0. The summed E-state index contributed by atoms with van der Waals surface area (Å²) in [5, 5.41) is 14.0. The van der Waals surface area contributed by atoms with Crippen LogP contribution in [0.2, 0.25) is 0 Å². The number of rotatable bonds is 8. The lowest BCUT2D eigenvalue weighted by atomic mass is 9.98. The molecule has 158 valence electrons. The predicted molar refractivity (Wildman–Crippen MR) is 112 cm³/mol. The summed E-state index contributed by atoms with van der Waals surface area (Å²) >= 11 is 0. The molecule has 0 fully saturated rings. The first-order chi connectivity index (χ1) is 14.4. The van der Waals surface area contributed by atoms with Crippen LogP contribution in [0.5, 0.6) is 0 Å². The van der Waals surface area contributed by atoms with Crippen molar-refractivity contribution in [2.24, 2.45) is 0 Å².